The van der Waals surface area contributed by atoms with Crippen LogP contribution in [0.5, 0.6) is 0 Å². The highest BCUT2D eigenvalue weighted by atomic mass is 14.9. The van der Waals surface area contributed by atoms with E-state index in [9.17, 15) is 0 Å². The monoisotopic (exact) mass is 203 g/mol. The molecule has 1 aromatic carbocycles. The number of nitriles is 1. The Morgan fingerprint density at radius 2 is 1.87 bits per heavy atom. The fraction of sp³-hybridized carbons (Fsp3) is 0.417. The van der Waals surface area contributed by atoms with Gasteiger partial charge in [0.1, 0.15) is 0 Å². The molecule has 0 amide bonds. The van der Waals surface area contributed by atoms with Crippen molar-refractivity contribution in [3.05, 3.63) is 29.8 Å². The van der Waals surface area contributed by atoms with Gasteiger partial charge < -0.3 is 11.1 Å². The molecule has 0 aliphatic carbocycles. The van der Waals surface area contributed by atoms with Crippen LogP contribution in [0.1, 0.15) is 24.8 Å². The maximum Gasteiger partial charge on any atom is 0.0991 e. The van der Waals surface area contributed by atoms with Gasteiger partial charge in [-0.2, -0.15) is 5.26 Å². The fourth-order valence-corrected chi connectivity index (χ4v) is 1.34. The van der Waals surface area contributed by atoms with Crippen LogP contribution in [0.3, 0.4) is 0 Å². The minimum atomic E-state index is 0.698. The molecule has 15 heavy (non-hydrogen) atoms. The Labute approximate surface area is 90.9 Å². The lowest BCUT2D eigenvalue weighted by atomic mass is 10.2. The highest BCUT2D eigenvalue weighted by Gasteiger charge is 1.92. The highest BCUT2D eigenvalue weighted by molar-refractivity contribution is 5.46. The van der Waals surface area contributed by atoms with Gasteiger partial charge in [0.2, 0.25) is 0 Å². The number of nitrogens with zero attached hydrogens (tertiary/aromatic N) is 1. The van der Waals surface area contributed by atoms with Crippen molar-refractivity contribution in [2.75, 3.05) is 18.4 Å². The van der Waals surface area contributed by atoms with Gasteiger partial charge in [-0.1, -0.05) is 6.42 Å². The van der Waals surface area contributed by atoms with E-state index in [1.54, 1.807) is 0 Å². The first-order valence-electron chi connectivity index (χ1n) is 5.31. The molecule has 3 heteroatoms. The maximum absolute atomic E-state index is 8.62. The van der Waals surface area contributed by atoms with Crippen LogP contribution in [0.4, 0.5) is 5.69 Å². The van der Waals surface area contributed by atoms with Crippen molar-refractivity contribution in [1.82, 2.24) is 0 Å². The first kappa shape index (κ1) is 11.5. The van der Waals surface area contributed by atoms with Crippen LogP contribution in [0.25, 0.3) is 0 Å². The lowest BCUT2D eigenvalue weighted by molar-refractivity contribution is 0.707. The van der Waals surface area contributed by atoms with E-state index in [1.165, 1.54) is 6.42 Å². The second kappa shape index (κ2) is 6.86. The third kappa shape index (κ3) is 4.48. The van der Waals surface area contributed by atoms with E-state index >= 15 is 0 Å². The Hall–Kier alpha value is -1.53. The SMILES string of the molecule is N#Cc1ccc(NCCCCCN)cc1. The second-order valence-electron chi connectivity index (χ2n) is 3.47. The lowest BCUT2D eigenvalue weighted by Crippen LogP contribution is -2.03. The molecule has 0 fully saturated rings. The summed E-state index contributed by atoms with van der Waals surface area (Å²) >= 11 is 0. The van der Waals surface area contributed by atoms with Gasteiger partial charge in [-0.25, -0.2) is 0 Å². The van der Waals surface area contributed by atoms with Crippen LogP contribution in [-0.2, 0) is 0 Å². The van der Waals surface area contributed by atoms with Crippen LogP contribution in [0.15, 0.2) is 24.3 Å². The second-order valence-corrected chi connectivity index (χ2v) is 3.47. The topological polar surface area (TPSA) is 61.8 Å². The van der Waals surface area contributed by atoms with Crippen LogP contribution >= 0.6 is 0 Å². The summed E-state index contributed by atoms with van der Waals surface area (Å²) in [6.45, 7) is 1.74. The summed E-state index contributed by atoms with van der Waals surface area (Å²) in [4.78, 5) is 0. The van der Waals surface area contributed by atoms with Crippen molar-refractivity contribution in [1.29, 1.82) is 5.26 Å². The Bertz CT molecular complexity index is 311. The summed E-state index contributed by atoms with van der Waals surface area (Å²) in [7, 11) is 0. The summed E-state index contributed by atoms with van der Waals surface area (Å²) in [5, 5.41) is 11.9. The quantitative estimate of drug-likeness (QED) is 0.696. The van der Waals surface area contributed by atoms with Crippen molar-refractivity contribution in [2.45, 2.75) is 19.3 Å². The Balaban J connectivity index is 2.23. The van der Waals surface area contributed by atoms with E-state index in [2.05, 4.69) is 11.4 Å². The summed E-state index contributed by atoms with van der Waals surface area (Å²) < 4.78 is 0. The molecule has 0 unspecified atom stereocenters. The molecule has 3 nitrogen and oxygen atoms in total. The van der Waals surface area contributed by atoms with E-state index in [0.717, 1.165) is 31.6 Å². The molecule has 0 heterocycles. The zero-order valence-electron chi connectivity index (χ0n) is 8.87. The normalized spacial score (nSPS) is 9.60. The molecule has 0 radical (unpaired) electrons. The molecule has 0 spiro atoms. The third-order valence-corrected chi connectivity index (χ3v) is 2.22. The minimum absolute atomic E-state index is 0.698. The Morgan fingerprint density at radius 3 is 2.47 bits per heavy atom. The number of benzene rings is 1. The Morgan fingerprint density at radius 1 is 1.13 bits per heavy atom. The number of unbranched alkanes of at least 4 members (excludes halogenated alkanes) is 2. The van der Waals surface area contributed by atoms with Gasteiger partial charge in [0.15, 0.2) is 0 Å². The molecule has 0 aromatic heterocycles. The van der Waals surface area contributed by atoms with Gasteiger partial charge in [-0.3, -0.25) is 0 Å². The highest BCUT2D eigenvalue weighted by Crippen LogP contribution is 2.08. The molecule has 3 N–H and O–H groups in total. The molecule has 0 atom stereocenters. The molecule has 0 saturated carbocycles. The summed E-state index contributed by atoms with van der Waals surface area (Å²) in [6, 6.07) is 9.60. The largest absolute Gasteiger partial charge is 0.385 e. The van der Waals surface area contributed by atoms with Crippen molar-refractivity contribution in [3.8, 4) is 6.07 Å². The standard InChI is InChI=1S/C12H17N3/c13-8-2-1-3-9-15-12-6-4-11(10-14)5-7-12/h4-7,15H,1-3,8-9,13H2. The average molecular weight is 203 g/mol. The first-order valence-corrected chi connectivity index (χ1v) is 5.31. The van der Waals surface area contributed by atoms with Crippen molar-refractivity contribution < 1.29 is 0 Å². The van der Waals surface area contributed by atoms with Crippen LogP contribution < -0.4 is 11.1 Å². The molecular weight excluding hydrogens is 186 g/mol. The molecule has 0 bridgehead atoms. The average Bonchev–Trinajstić information content (AvgIpc) is 2.30. The molecular formula is C12H17N3. The van der Waals surface area contributed by atoms with Crippen molar-refractivity contribution in [2.24, 2.45) is 5.73 Å². The van der Waals surface area contributed by atoms with Crippen LogP contribution in [0.2, 0.25) is 0 Å². The predicted octanol–water partition coefficient (Wildman–Crippen LogP) is 2.10. The van der Waals surface area contributed by atoms with E-state index in [4.69, 9.17) is 11.0 Å². The van der Waals surface area contributed by atoms with E-state index in [-0.39, 0.29) is 0 Å². The molecule has 0 aliphatic heterocycles. The zero-order valence-corrected chi connectivity index (χ0v) is 8.87. The van der Waals surface area contributed by atoms with E-state index in [1.807, 2.05) is 24.3 Å². The van der Waals surface area contributed by atoms with E-state index < -0.39 is 0 Å². The summed E-state index contributed by atoms with van der Waals surface area (Å²) in [6.07, 6.45) is 3.39. The lowest BCUT2D eigenvalue weighted by Gasteiger charge is -2.05. The number of nitrogens with one attached hydrogen (secondary N) is 1. The maximum atomic E-state index is 8.62. The van der Waals surface area contributed by atoms with Crippen molar-refractivity contribution >= 4 is 5.69 Å². The number of hydrogen-bond acceptors (Lipinski definition) is 3. The number of anilines is 1. The summed E-state index contributed by atoms with van der Waals surface area (Å²) in [5.74, 6) is 0. The van der Waals surface area contributed by atoms with Gasteiger partial charge in [0, 0.05) is 12.2 Å². The first-order chi connectivity index (χ1) is 7.36. The van der Waals surface area contributed by atoms with Gasteiger partial charge >= 0.3 is 0 Å². The number of rotatable bonds is 6. The molecule has 1 rings (SSSR count). The van der Waals surface area contributed by atoms with Crippen molar-refractivity contribution in [3.63, 3.8) is 0 Å². The van der Waals surface area contributed by atoms with Gasteiger partial charge in [0.05, 0.1) is 11.6 Å². The molecule has 1 aromatic rings. The Kier molecular flexibility index (Phi) is 5.28. The van der Waals surface area contributed by atoms with E-state index in [0.29, 0.717) is 5.56 Å². The number of nitrogens with two attached hydrogens (primary N) is 1. The smallest absolute Gasteiger partial charge is 0.0991 e. The van der Waals surface area contributed by atoms with Gasteiger partial charge in [0.25, 0.3) is 0 Å². The number of hydrogen-bond donors (Lipinski definition) is 2. The van der Waals surface area contributed by atoms with Gasteiger partial charge in [-0.05, 0) is 43.7 Å². The minimum Gasteiger partial charge on any atom is -0.385 e. The molecule has 0 saturated heterocycles. The molecule has 80 valence electrons. The third-order valence-electron chi connectivity index (χ3n) is 2.22. The van der Waals surface area contributed by atoms with Gasteiger partial charge in [-0.15, -0.1) is 0 Å². The summed E-state index contributed by atoms with van der Waals surface area (Å²) in [5.41, 5.74) is 7.17. The fourth-order valence-electron chi connectivity index (χ4n) is 1.34. The zero-order chi connectivity index (χ0) is 10.9. The molecule has 0 aliphatic rings. The predicted molar refractivity (Wildman–Crippen MR) is 62.6 cm³/mol. The van der Waals surface area contributed by atoms with Crippen LogP contribution in [-0.4, -0.2) is 13.1 Å². The van der Waals surface area contributed by atoms with Crippen LogP contribution in [0, 0.1) is 11.3 Å².